The van der Waals surface area contributed by atoms with Crippen molar-refractivity contribution in [2.75, 3.05) is 12.4 Å². The zero-order chi connectivity index (χ0) is 14.2. The third kappa shape index (κ3) is 4.72. The Morgan fingerprint density at radius 3 is 2.45 bits per heavy atom. The average Bonchev–Trinajstić information content (AvgIpc) is 2.49. The first-order chi connectivity index (χ1) is 9.78. The molecule has 1 N–H and O–H groups in total. The van der Waals surface area contributed by atoms with Gasteiger partial charge < -0.3 is 10.1 Å². The summed E-state index contributed by atoms with van der Waals surface area (Å²) in [5.41, 5.74) is 0.997. The van der Waals surface area contributed by atoms with Gasteiger partial charge in [0.15, 0.2) is 0 Å². The summed E-state index contributed by atoms with van der Waals surface area (Å²) in [6.45, 7) is 0. The van der Waals surface area contributed by atoms with E-state index in [0.29, 0.717) is 4.99 Å². The molecule has 2 aromatic rings. The van der Waals surface area contributed by atoms with Crippen LogP contribution in [0.1, 0.15) is 0 Å². The van der Waals surface area contributed by atoms with E-state index in [1.165, 1.54) is 0 Å². The molecular weight excluding hydrogens is 286 g/mol. The van der Waals surface area contributed by atoms with Crippen LogP contribution in [0.2, 0.25) is 0 Å². The average molecular weight is 301 g/mol. The molecule has 0 bridgehead atoms. The van der Waals surface area contributed by atoms with E-state index in [9.17, 15) is 0 Å². The summed E-state index contributed by atoms with van der Waals surface area (Å²) in [5, 5.41) is 5.13. The molecule has 0 spiro atoms. The first-order valence-corrected chi connectivity index (χ1v) is 7.40. The lowest BCUT2D eigenvalue weighted by molar-refractivity contribution is 0.414. The van der Waals surface area contributed by atoms with Crippen molar-refractivity contribution in [3.8, 4) is 5.75 Å². The highest BCUT2D eigenvalue weighted by molar-refractivity contribution is 8.02. The van der Waals surface area contributed by atoms with Gasteiger partial charge in [-0.3, -0.25) is 0 Å². The molecule has 0 unspecified atom stereocenters. The molecule has 2 aromatic carbocycles. The van der Waals surface area contributed by atoms with Crippen molar-refractivity contribution in [3.63, 3.8) is 0 Å². The van der Waals surface area contributed by atoms with Crippen LogP contribution in [-0.2, 0) is 0 Å². The molecule has 2 rings (SSSR count). The van der Waals surface area contributed by atoms with E-state index in [1.54, 1.807) is 18.9 Å². The second-order valence-electron chi connectivity index (χ2n) is 3.95. The quantitative estimate of drug-likeness (QED) is 0.489. The Bertz CT molecular complexity index is 579. The van der Waals surface area contributed by atoms with Crippen molar-refractivity contribution in [1.82, 2.24) is 0 Å². The Morgan fingerprint density at radius 1 is 1.10 bits per heavy atom. The molecule has 102 valence electrons. The Kier molecular flexibility index (Phi) is 5.65. The molecule has 20 heavy (non-hydrogen) atoms. The van der Waals surface area contributed by atoms with Crippen LogP contribution in [0.3, 0.4) is 0 Å². The minimum absolute atomic E-state index is 0.692. The van der Waals surface area contributed by atoms with E-state index < -0.39 is 0 Å². The second-order valence-corrected chi connectivity index (χ2v) is 5.37. The molecule has 0 aliphatic rings. The van der Waals surface area contributed by atoms with Crippen molar-refractivity contribution >= 4 is 34.7 Å². The van der Waals surface area contributed by atoms with E-state index in [0.717, 1.165) is 16.3 Å². The van der Waals surface area contributed by atoms with Crippen molar-refractivity contribution in [2.24, 2.45) is 0 Å². The number of hydrogen-bond donors (Lipinski definition) is 1. The standard InChI is InChI=1S/C16H15NOS2/c1-18-14-7-9-15(10-8-14)20-12-11-16(19)17-13-5-3-2-4-6-13/h2-12H,1H3,(H,17,19). The van der Waals surface area contributed by atoms with Crippen LogP contribution in [0, 0.1) is 0 Å². The predicted octanol–water partition coefficient (Wildman–Crippen LogP) is 4.74. The zero-order valence-electron chi connectivity index (χ0n) is 11.1. The minimum Gasteiger partial charge on any atom is -0.497 e. The molecule has 0 aromatic heterocycles. The van der Waals surface area contributed by atoms with Crippen molar-refractivity contribution in [1.29, 1.82) is 0 Å². The number of methoxy groups -OCH3 is 1. The van der Waals surface area contributed by atoms with Crippen LogP contribution in [0.15, 0.2) is 71.0 Å². The Labute approximate surface area is 128 Å². The van der Waals surface area contributed by atoms with E-state index in [-0.39, 0.29) is 0 Å². The summed E-state index contributed by atoms with van der Waals surface area (Å²) < 4.78 is 5.12. The largest absolute Gasteiger partial charge is 0.497 e. The van der Waals surface area contributed by atoms with Crippen LogP contribution in [0.4, 0.5) is 5.69 Å². The first kappa shape index (κ1) is 14.6. The molecule has 0 atom stereocenters. The lowest BCUT2D eigenvalue weighted by Crippen LogP contribution is -2.04. The molecule has 0 aliphatic carbocycles. The zero-order valence-corrected chi connectivity index (χ0v) is 12.7. The van der Waals surface area contributed by atoms with Crippen molar-refractivity contribution in [2.45, 2.75) is 4.90 Å². The number of para-hydroxylation sites is 1. The van der Waals surface area contributed by atoms with Crippen molar-refractivity contribution in [3.05, 3.63) is 66.1 Å². The van der Waals surface area contributed by atoms with Crippen LogP contribution in [0.25, 0.3) is 0 Å². The van der Waals surface area contributed by atoms with Gasteiger partial charge in [0.1, 0.15) is 10.7 Å². The molecule has 4 heteroatoms. The van der Waals surface area contributed by atoms with Crippen molar-refractivity contribution < 1.29 is 4.74 Å². The van der Waals surface area contributed by atoms with Gasteiger partial charge in [-0.25, -0.2) is 0 Å². The number of thioether (sulfide) groups is 1. The normalized spacial score (nSPS) is 10.4. The fraction of sp³-hybridized carbons (Fsp3) is 0.0625. The molecule has 0 heterocycles. The highest BCUT2D eigenvalue weighted by Crippen LogP contribution is 2.22. The lowest BCUT2D eigenvalue weighted by atomic mass is 10.3. The summed E-state index contributed by atoms with van der Waals surface area (Å²) >= 11 is 6.87. The number of hydrogen-bond acceptors (Lipinski definition) is 3. The molecule has 0 fully saturated rings. The number of rotatable bonds is 5. The number of ether oxygens (including phenoxy) is 1. The third-order valence-corrected chi connectivity index (χ3v) is 3.58. The van der Waals surface area contributed by atoms with Gasteiger partial charge in [0.25, 0.3) is 0 Å². The van der Waals surface area contributed by atoms with Gasteiger partial charge in [0, 0.05) is 10.6 Å². The monoisotopic (exact) mass is 301 g/mol. The number of nitrogens with one attached hydrogen (secondary N) is 1. The smallest absolute Gasteiger partial charge is 0.118 e. The van der Waals surface area contributed by atoms with E-state index in [4.69, 9.17) is 17.0 Å². The van der Waals surface area contributed by atoms with Gasteiger partial charge in [-0.1, -0.05) is 42.2 Å². The Hall–Kier alpha value is -1.78. The Morgan fingerprint density at radius 2 is 1.80 bits per heavy atom. The first-order valence-electron chi connectivity index (χ1n) is 6.11. The van der Waals surface area contributed by atoms with Gasteiger partial charge in [-0.15, -0.1) is 0 Å². The molecule has 0 amide bonds. The van der Waals surface area contributed by atoms with E-state index >= 15 is 0 Å². The second kappa shape index (κ2) is 7.72. The maximum absolute atomic E-state index is 5.26. The fourth-order valence-electron chi connectivity index (χ4n) is 1.53. The highest BCUT2D eigenvalue weighted by Gasteiger charge is 1.94. The van der Waals surface area contributed by atoms with E-state index in [1.807, 2.05) is 66.1 Å². The fourth-order valence-corrected chi connectivity index (χ4v) is 2.46. The third-order valence-electron chi connectivity index (χ3n) is 2.52. The predicted molar refractivity (Wildman–Crippen MR) is 90.7 cm³/mol. The Balaban J connectivity index is 1.84. The SMILES string of the molecule is COc1ccc(SC=CC(=S)Nc2ccccc2)cc1. The number of thiocarbonyl (C=S) groups is 1. The summed E-state index contributed by atoms with van der Waals surface area (Å²) in [6.07, 6.45) is 1.89. The van der Waals surface area contributed by atoms with Crippen LogP contribution in [-0.4, -0.2) is 12.1 Å². The topological polar surface area (TPSA) is 21.3 Å². The summed E-state index contributed by atoms with van der Waals surface area (Å²) in [4.78, 5) is 1.83. The van der Waals surface area contributed by atoms with Gasteiger partial charge in [-0.05, 0) is 47.9 Å². The molecule has 2 nitrogen and oxygen atoms in total. The highest BCUT2D eigenvalue weighted by atomic mass is 32.2. The molecular formula is C16H15NOS2. The van der Waals surface area contributed by atoms with Crippen LogP contribution < -0.4 is 10.1 Å². The molecule has 0 saturated carbocycles. The summed E-state index contributed by atoms with van der Waals surface area (Å²) in [6, 6.07) is 17.8. The van der Waals surface area contributed by atoms with E-state index in [2.05, 4.69) is 5.32 Å². The maximum Gasteiger partial charge on any atom is 0.118 e. The van der Waals surface area contributed by atoms with Crippen LogP contribution >= 0.6 is 24.0 Å². The number of benzene rings is 2. The maximum atomic E-state index is 5.26. The van der Waals surface area contributed by atoms with Gasteiger partial charge >= 0.3 is 0 Å². The van der Waals surface area contributed by atoms with Gasteiger partial charge in [0.05, 0.1) is 7.11 Å². The van der Waals surface area contributed by atoms with Gasteiger partial charge in [-0.2, -0.15) is 0 Å². The molecule has 0 radical (unpaired) electrons. The summed E-state index contributed by atoms with van der Waals surface area (Å²) in [5.74, 6) is 0.861. The lowest BCUT2D eigenvalue weighted by Gasteiger charge is -2.03. The van der Waals surface area contributed by atoms with Gasteiger partial charge in [0.2, 0.25) is 0 Å². The van der Waals surface area contributed by atoms with Crippen LogP contribution in [0.5, 0.6) is 5.75 Å². The number of anilines is 1. The molecule has 0 aliphatic heterocycles. The molecule has 0 saturated heterocycles. The minimum atomic E-state index is 0.692. The summed E-state index contributed by atoms with van der Waals surface area (Å²) in [7, 11) is 1.66.